The number of esters is 1. The highest BCUT2D eigenvalue weighted by atomic mass is 79.9. The number of hydrogen-bond donors (Lipinski definition) is 1. The summed E-state index contributed by atoms with van der Waals surface area (Å²) in [5.74, 6) is 0.941. The number of carbonyl (C=O) groups excluding carboxylic acids is 1. The van der Waals surface area contributed by atoms with Crippen LogP contribution >= 0.6 is 39.1 Å². The number of rotatable bonds is 8. The third-order valence-corrected chi connectivity index (χ3v) is 6.62. The molecule has 4 rings (SSSR count). The summed E-state index contributed by atoms with van der Waals surface area (Å²) in [6.07, 6.45) is -0.295. The van der Waals surface area contributed by atoms with E-state index in [1.165, 1.54) is 4.68 Å². The van der Waals surface area contributed by atoms with Crippen LogP contribution in [0.15, 0.2) is 46.1 Å². The Labute approximate surface area is 226 Å². The molecule has 2 aromatic carbocycles. The van der Waals surface area contributed by atoms with E-state index in [0.717, 1.165) is 5.56 Å². The van der Waals surface area contributed by atoms with Gasteiger partial charge in [-0.25, -0.2) is 4.79 Å². The van der Waals surface area contributed by atoms with E-state index < -0.39 is 12.0 Å². The van der Waals surface area contributed by atoms with Crippen LogP contribution in [0.3, 0.4) is 0 Å². The van der Waals surface area contributed by atoms with Crippen molar-refractivity contribution in [2.75, 3.05) is 11.9 Å². The molecule has 0 saturated carbocycles. The molecule has 2 heterocycles. The average Bonchev–Trinajstić information content (AvgIpc) is 3.27. The number of allylic oxidation sites excluding steroid dienone is 1. The molecule has 1 unspecified atom stereocenters. The largest absolute Gasteiger partial charge is 0.490 e. The van der Waals surface area contributed by atoms with Gasteiger partial charge in [0.05, 0.1) is 32.8 Å². The highest BCUT2D eigenvalue weighted by Gasteiger charge is 2.36. The summed E-state index contributed by atoms with van der Waals surface area (Å²) in [6, 6.07) is 8.33. The number of anilines is 1. The van der Waals surface area contributed by atoms with E-state index in [4.69, 9.17) is 37.4 Å². The van der Waals surface area contributed by atoms with Gasteiger partial charge in [-0.05, 0) is 89.4 Å². The molecule has 1 atom stereocenters. The second kappa shape index (κ2) is 11.1. The molecule has 1 aromatic heterocycles. The molecule has 0 bridgehead atoms. The summed E-state index contributed by atoms with van der Waals surface area (Å²) in [5, 5.41) is 15.9. The van der Waals surface area contributed by atoms with E-state index in [2.05, 4.69) is 36.8 Å². The highest BCUT2D eigenvalue weighted by Crippen LogP contribution is 2.43. The molecule has 0 radical (unpaired) electrons. The molecular formula is C24H24BrCl2N5O4. The number of tetrazole rings is 1. The van der Waals surface area contributed by atoms with Crippen molar-refractivity contribution in [1.82, 2.24) is 20.2 Å². The van der Waals surface area contributed by atoms with Gasteiger partial charge in [0.25, 0.3) is 0 Å². The van der Waals surface area contributed by atoms with Crippen molar-refractivity contribution in [3.05, 3.63) is 67.2 Å². The van der Waals surface area contributed by atoms with E-state index in [0.29, 0.717) is 55.4 Å². The Hall–Kier alpha value is -2.82. The highest BCUT2D eigenvalue weighted by molar-refractivity contribution is 9.10. The maximum absolute atomic E-state index is 13.1. The number of aromatic nitrogens is 4. The lowest BCUT2D eigenvalue weighted by Gasteiger charge is -2.28. The van der Waals surface area contributed by atoms with Crippen LogP contribution < -0.4 is 14.8 Å². The van der Waals surface area contributed by atoms with E-state index in [1.54, 1.807) is 32.9 Å². The summed E-state index contributed by atoms with van der Waals surface area (Å²) in [5.41, 5.74) is 2.54. The molecule has 1 N–H and O–H groups in total. The topological polar surface area (TPSA) is 100 Å². The van der Waals surface area contributed by atoms with Crippen LogP contribution in [0.4, 0.5) is 5.95 Å². The molecule has 12 heteroatoms. The predicted molar refractivity (Wildman–Crippen MR) is 140 cm³/mol. The number of hydrogen-bond acceptors (Lipinski definition) is 8. The molecule has 190 valence electrons. The first-order valence-electron chi connectivity index (χ1n) is 11.2. The van der Waals surface area contributed by atoms with Gasteiger partial charge < -0.3 is 19.5 Å². The van der Waals surface area contributed by atoms with E-state index in [9.17, 15) is 4.79 Å². The van der Waals surface area contributed by atoms with Crippen LogP contribution in [0.2, 0.25) is 10.0 Å². The second-order valence-corrected chi connectivity index (χ2v) is 9.94. The Balaban J connectivity index is 1.74. The fourth-order valence-electron chi connectivity index (χ4n) is 3.80. The van der Waals surface area contributed by atoms with Gasteiger partial charge in [-0.3, -0.25) is 0 Å². The molecule has 1 aliphatic heterocycles. The zero-order valence-corrected chi connectivity index (χ0v) is 23.1. The Morgan fingerprint density at radius 2 is 1.97 bits per heavy atom. The van der Waals surface area contributed by atoms with Gasteiger partial charge in [0.15, 0.2) is 11.5 Å². The average molecular weight is 597 g/mol. The van der Waals surface area contributed by atoms with Crippen molar-refractivity contribution < 1.29 is 19.0 Å². The third-order valence-electron chi connectivity index (χ3n) is 5.29. The quantitative estimate of drug-likeness (QED) is 0.318. The number of nitrogens with one attached hydrogen (secondary N) is 1. The van der Waals surface area contributed by atoms with Crippen LogP contribution in [0.1, 0.15) is 44.9 Å². The minimum atomic E-state index is -0.651. The summed E-state index contributed by atoms with van der Waals surface area (Å²) in [4.78, 5) is 13.1. The summed E-state index contributed by atoms with van der Waals surface area (Å²) < 4.78 is 19.7. The van der Waals surface area contributed by atoms with E-state index >= 15 is 0 Å². The Bertz CT molecular complexity index is 1330. The normalized spacial score (nSPS) is 14.9. The van der Waals surface area contributed by atoms with Gasteiger partial charge in [0.1, 0.15) is 12.6 Å². The molecule has 0 fully saturated rings. The molecule has 0 saturated heterocycles. The summed E-state index contributed by atoms with van der Waals surface area (Å²) in [6.45, 7) is 7.90. The van der Waals surface area contributed by atoms with Crippen molar-refractivity contribution in [2.24, 2.45) is 0 Å². The van der Waals surface area contributed by atoms with Crippen LogP contribution in [0.25, 0.3) is 0 Å². The zero-order chi connectivity index (χ0) is 26.0. The molecule has 36 heavy (non-hydrogen) atoms. The Morgan fingerprint density at radius 1 is 1.19 bits per heavy atom. The lowest BCUT2D eigenvalue weighted by molar-refractivity contribution is -0.143. The predicted octanol–water partition coefficient (Wildman–Crippen LogP) is 5.96. The first-order valence-corrected chi connectivity index (χ1v) is 12.7. The zero-order valence-electron chi connectivity index (χ0n) is 20.0. The molecule has 0 aliphatic carbocycles. The van der Waals surface area contributed by atoms with Crippen molar-refractivity contribution in [1.29, 1.82) is 0 Å². The van der Waals surface area contributed by atoms with Crippen LogP contribution in [0.5, 0.6) is 11.5 Å². The van der Waals surface area contributed by atoms with Crippen LogP contribution in [0, 0.1) is 0 Å². The van der Waals surface area contributed by atoms with Gasteiger partial charge in [0, 0.05) is 5.70 Å². The van der Waals surface area contributed by atoms with Gasteiger partial charge >= 0.3 is 5.97 Å². The molecule has 9 nitrogen and oxygen atoms in total. The fourth-order valence-corrected chi connectivity index (χ4v) is 4.69. The fraction of sp³-hybridized carbons (Fsp3) is 0.333. The number of halogens is 3. The number of carbonyl (C=O) groups is 1. The van der Waals surface area contributed by atoms with Gasteiger partial charge in [-0.1, -0.05) is 34.4 Å². The number of ether oxygens (including phenoxy) is 3. The van der Waals surface area contributed by atoms with Crippen LogP contribution in [-0.2, 0) is 16.1 Å². The number of fused-ring (bicyclic) bond motifs is 1. The van der Waals surface area contributed by atoms with Crippen molar-refractivity contribution >= 4 is 51.0 Å². The van der Waals surface area contributed by atoms with Gasteiger partial charge in [0.2, 0.25) is 5.95 Å². The third kappa shape index (κ3) is 5.45. The van der Waals surface area contributed by atoms with E-state index in [-0.39, 0.29) is 12.7 Å². The second-order valence-electron chi connectivity index (χ2n) is 8.27. The minimum absolute atomic E-state index is 0.240. The van der Waals surface area contributed by atoms with Crippen molar-refractivity contribution in [3.8, 4) is 11.5 Å². The molecular weight excluding hydrogens is 573 g/mol. The summed E-state index contributed by atoms with van der Waals surface area (Å²) in [7, 11) is 0. The van der Waals surface area contributed by atoms with E-state index in [1.807, 2.05) is 25.1 Å². The smallest absolute Gasteiger partial charge is 0.338 e. The van der Waals surface area contributed by atoms with Crippen molar-refractivity contribution in [2.45, 2.75) is 46.4 Å². The monoisotopic (exact) mass is 595 g/mol. The van der Waals surface area contributed by atoms with Gasteiger partial charge in [-0.15, -0.1) is 0 Å². The summed E-state index contributed by atoms with van der Waals surface area (Å²) >= 11 is 15.8. The Kier molecular flexibility index (Phi) is 8.07. The number of benzene rings is 2. The Morgan fingerprint density at radius 3 is 2.67 bits per heavy atom. The molecule has 0 spiro atoms. The lowest BCUT2D eigenvalue weighted by Crippen LogP contribution is -2.30. The maximum atomic E-state index is 13.1. The molecule has 1 aliphatic rings. The van der Waals surface area contributed by atoms with Crippen LogP contribution in [-0.4, -0.2) is 38.9 Å². The lowest BCUT2D eigenvalue weighted by atomic mass is 9.95. The first-order chi connectivity index (χ1) is 17.2. The van der Waals surface area contributed by atoms with Gasteiger partial charge in [-0.2, -0.15) is 4.68 Å². The standard InChI is InChI=1S/C24H24BrCl2N5O4/c1-5-34-19-10-15(9-16(25)22(19)35-11-14-6-7-17(26)18(27)8-14)21-20(23(33)36-12(2)3)13(4)28-24-29-30-31-32(21)24/h6-10,12,21H,5,11H2,1-4H3,(H,28,29,31). The molecule has 0 amide bonds. The number of nitrogens with zero attached hydrogens (tertiary/aromatic N) is 4. The minimum Gasteiger partial charge on any atom is -0.490 e. The first kappa shape index (κ1) is 26.2. The molecule has 3 aromatic rings. The SMILES string of the molecule is CCOc1cc(C2C(C(=O)OC(C)C)=C(C)Nc3nnnn32)cc(Br)c1OCc1ccc(Cl)c(Cl)c1. The van der Waals surface area contributed by atoms with Crippen molar-refractivity contribution in [3.63, 3.8) is 0 Å². The maximum Gasteiger partial charge on any atom is 0.338 e.